The Hall–Kier alpha value is -1.88. The number of likely N-dealkylation sites (tertiary alicyclic amines) is 1. The molecule has 27 heavy (non-hydrogen) atoms. The number of hydrogen-bond donors (Lipinski definition) is 1. The minimum Gasteiger partial charge on any atom is -0.484 e. The first kappa shape index (κ1) is 23.2. The molecule has 1 saturated heterocycles. The Morgan fingerprint density at radius 3 is 2.22 bits per heavy atom. The average Bonchev–Trinajstić information content (AvgIpc) is 2.95. The van der Waals surface area contributed by atoms with E-state index in [2.05, 4.69) is 9.47 Å². The summed E-state index contributed by atoms with van der Waals surface area (Å²) in [6, 6.07) is 2.64. The molecule has 0 aliphatic carbocycles. The number of carbonyl (C=O) groups is 1. The predicted molar refractivity (Wildman–Crippen MR) is 85.3 cm³/mol. The zero-order valence-electron chi connectivity index (χ0n) is 13.8. The third kappa shape index (κ3) is 7.33. The zero-order chi connectivity index (χ0) is 19.5. The second kappa shape index (κ2) is 8.87. The molecule has 1 heterocycles. The number of ether oxygens (including phenoxy) is 2. The van der Waals surface area contributed by atoms with Crippen LogP contribution in [0.5, 0.6) is 11.5 Å². The minimum absolute atomic E-state index is 0. The summed E-state index contributed by atoms with van der Waals surface area (Å²) >= 11 is 0. The van der Waals surface area contributed by atoms with E-state index < -0.39 is 37.2 Å². The number of rotatable bonds is 5. The van der Waals surface area contributed by atoms with Crippen LogP contribution in [0.25, 0.3) is 0 Å². The number of alkyl halides is 6. The molecule has 0 aromatic heterocycles. The van der Waals surface area contributed by atoms with Gasteiger partial charge in [0.05, 0.1) is 5.56 Å². The van der Waals surface area contributed by atoms with Crippen LogP contribution in [-0.2, 0) is 0 Å². The van der Waals surface area contributed by atoms with E-state index in [4.69, 9.17) is 5.73 Å². The van der Waals surface area contributed by atoms with E-state index >= 15 is 0 Å². The van der Waals surface area contributed by atoms with Gasteiger partial charge in [-0.15, -0.1) is 12.4 Å². The molecular formula is C15H17ClF6N2O3. The van der Waals surface area contributed by atoms with E-state index in [1.54, 1.807) is 0 Å². The van der Waals surface area contributed by atoms with Crippen LogP contribution in [-0.4, -0.2) is 55.5 Å². The van der Waals surface area contributed by atoms with Crippen molar-refractivity contribution in [3.8, 4) is 11.5 Å². The largest absolute Gasteiger partial charge is 0.484 e. The van der Waals surface area contributed by atoms with Gasteiger partial charge in [0, 0.05) is 19.1 Å². The van der Waals surface area contributed by atoms with Crippen LogP contribution in [0.15, 0.2) is 18.2 Å². The summed E-state index contributed by atoms with van der Waals surface area (Å²) in [6.07, 6.45) is -8.73. The van der Waals surface area contributed by atoms with Crippen LogP contribution < -0.4 is 15.2 Å². The Morgan fingerprint density at radius 2 is 1.70 bits per heavy atom. The van der Waals surface area contributed by atoms with Crippen molar-refractivity contribution < 1.29 is 40.6 Å². The minimum atomic E-state index is -4.64. The van der Waals surface area contributed by atoms with Crippen molar-refractivity contribution in [3.63, 3.8) is 0 Å². The van der Waals surface area contributed by atoms with Crippen LogP contribution in [0.4, 0.5) is 26.3 Å². The molecule has 0 radical (unpaired) electrons. The van der Waals surface area contributed by atoms with Crippen molar-refractivity contribution in [2.75, 3.05) is 26.3 Å². The maximum absolute atomic E-state index is 12.5. The molecular weight excluding hydrogens is 406 g/mol. The summed E-state index contributed by atoms with van der Waals surface area (Å²) < 4.78 is 83.1. The molecule has 12 heteroatoms. The van der Waals surface area contributed by atoms with Gasteiger partial charge in [0.15, 0.2) is 13.2 Å². The van der Waals surface area contributed by atoms with Crippen molar-refractivity contribution in [1.29, 1.82) is 0 Å². The molecule has 5 nitrogen and oxygen atoms in total. The Bertz CT molecular complexity index is 653. The first-order chi connectivity index (χ1) is 11.9. The maximum atomic E-state index is 12.5. The Morgan fingerprint density at radius 1 is 1.11 bits per heavy atom. The molecule has 0 spiro atoms. The summed E-state index contributed by atoms with van der Waals surface area (Å²) in [5.74, 6) is -1.40. The van der Waals surface area contributed by atoms with Crippen LogP contribution >= 0.6 is 12.4 Å². The molecule has 0 bridgehead atoms. The molecule has 1 aromatic rings. The quantitative estimate of drug-likeness (QED) is 0.740. The maximum Gasteiger partial charge on any atom is 0.422 e. The highest BCUT2D eigenvalue weighted by atomic mass is 35.5. The van der Waals surface area contributed by atoms with Gasteiger partial charge in [-0.05, 0) is 24.6 Å². The van der Waals surface area contributed by atoms with E-state index in [-0.39, 0.29) is 42.9 Å². The van der Waals surface area contributed by atoms with Gasteiger partial charge in [-0.25, -0.2) is 0 Å². The van der Waals surface area contributed by atoms with Crippen molar-refractivity contribution in [2.45, 2.75) is 24.8 Å². The normalized spacial score (nSPS) is 17.4. The number of halogens is 7. The third-order valence-corrected chi connectivity index (χ3v) is 3.49. The van der Waals surface area contributed by atoms with Crippen molar-refractivity contribution in [1.82, 2.24) is 4.90 Å². The van der Waals surface area contributed by atoms with Crippen molar-refractivity contribution in [2.24, 2.45) is 5.73 Å². The van der Waals surface area contributed by atoms with E-state index in [9.17, 15) is 31.1 Å². The van der Waals surface area contributed by atoms with Crippen LogP contribution in [0, 0.1) is 0 Å². The highest BCUT2D eigenvalue weighted by Crippen LogP contribution is 2.29. The summed E-state index contributed by atoms with van der Waals surface area (Å²) in [5, 5.41) is 0. The van der Waals surface area contributed by atoms with Gasteiger partial charge in [0.1, 0.15) is 11.5 Å². The number of carbonyl (C=O) groups excluding carboxylic acids is 1. The van der Waals surface area contributed by atoms with E-state index in [0.29, 0.717) is 6.42 Å². The second-order valence-electron chi connectivity index (χ2n) is 5.77. The smallest absolute Gasteiger partial charge is 0.422 e. The molecule has 1 atom stereocenters. The second-order valence-corrected chi connectivity index (χ2v) is 5.77. The Balaban J connectivity index is 0.00000364. The first-order valence-corrected chi connectivity index (χ1v) is 7.52. The molecule has 1 aliphatic rings. The number of benzene rings is 1. The molecule has 1 fully saturated rings. The van der Waals surface area contributed by atoms with Gasteiger partial charge in [0.2, 0.25) is 0 Å². The van der Waals surface area contributed by atoms with Crippen LogP contribution in [0.2, 0.25) is 0 Å². The Labute approximate surface area is 156 Å². The van der Waals surface area contributed by atoms with Crippen molar-refractivity contribution >= 4 is 18.3 Å². The van der Waals surface area contributed by atoms with E-state index in [1.165, 1.54) is 4.90 Å². The number of nitrogens with zero attached hydrogens (tertiary/aromatic N) is 1. The average molecular weight is 423 g/mol. The SMILES string of the molecule is Cl.N[C@@H]1CCN(C(=O)c2cc(OCC(F)(F)F)ccc2OCC(F)(F)F)C1. The lowest BCUT2D eigenvalue weighted by atomic mass is 10.1. The van der Waals surface area contributed by atoms with Gasteiger partial charge in [-0.1, -0.05) is 0 Å². The van der Waals surface area contributed by atoms with Gasteiger partial charge in [-0.2, -0.15) is 26.3 Å². The summed E-state index contributed by atoms with van der Waals surface area (Å²) in [5.41, 5.74) is 5.38. The summed E-state index contributed by atoms with van der Waals surface area (Å²) in [4.78, 5) is 13.8. The number of nitrogens with two attached hydrogens (primary N) is 1. The first-order valence-electron chi connectivity index (χ1n) is 7.52. The van der Waals surface area contributed by atoms with Crippen molar-refractivity contribution in [3.05, 3.63) is 23.8 Å². The highest BCUT2D eigenvalue weighted by Gasteiger charge is 2.32. The monoisotopic (exact) mass is 422 g/mol. The zero-order valence-corrected chi connectivity index (χ0v) is 14.6. The Kier molecular flexibility index (Phi) is 7.61. The fourth-order valence-corrected chi connectivity index (χ4v) is 2.36. The predicted octanol–water partition coefficient (Wildman–Crippen LogP) is 3.16. The standard InChI is InChI=1S/C15H16F6N2O3.ClH/c16-14(17,18)7-25-10-1-2-12(26-8-15(19,20)21)11(5-10)13(24)23-4-3-9(22)6-23;/h1-2,5,9H,3-4,6-8,22H2;1H/t9-;/m1./s1. The number of hydrogen-bond acceptors (Lipinski definition) is 4. The lowest BCUT2D eigenvalue weighted by Gasteiger charge is -2.20. The topological polar surface area (TPSA) is 64.8 Å². The molecule has 0 unspecified atom stereocenters. The lowest BCUT2D eigenvalue weighted by Crippen LogP contribution is -2.32. The highest BCUT2D eigenvalue weighted by molar-refractivity contribution is 5.97. The molecule has 1 amide bonds. The van der Waals surface area contributed by atoms with Gasteiger partial charge < -0.3 is 20.1 Å². The fraction of sp³-hybridized carbons (Fsp3) is 0.533. The molecule has 1 aromatic carbocycles. The van der Waals surface area contributed by atoms with Crippen LogP contribution in [0.3, 0.4) is 0 Å². The molecule has 154 valence electrons. The molecule has 2 N–H and O–H groups in total. The third-order valence-electron chi connectivity index (χ3n) is 3.49. The molecule has 2 rings (SSSR count). The summed E-state index contributed by atoms with van der Waals surface area (Å²) in [7, 11) is 0. The van der Waals surface area contributed by atoms with Gasteiger partial charge in [0.25, 0.3) is 5.91 Å². The molecule has 1 aliphatic heterocycles. The van der Waals surface area contributed by atoms with Crippen LogP contribution in [0.1, 0.15) is 16.8 Å². The summed E-state index contributed by atoms with van der Waals surface area (Å²) in [6.45, 7) is -2.77. The van der Waals surface area contributed by atoms with E-state index in [0.717, 1.165) is 18.2 Å². The van der Waals surface area contributed by atoms with Gasteiger partial charge >= 0.3 is 12.4 Å². The number of amides is 1. The fourth-order valence-electron chi connectivity index (χ4n) is 2.36. The lowest BCUT2D eigenvalue weighted by molar-refractivity contribution is -0.154. The van der Waals surface area contributed by atoms with E-state index in [1.807, 2.05) is 0 Å². The van der Waals surface area contributed by atoms with Gasteiger partial charge in [-0.3, -0.25) is 4.79 Å². The molecule has 0 saturated carbocycles.